The molecule has 0 atom stereocenters. The average molecular weight is 271 g/mol. The van der Waals surface area contributed by atoms with Gasteiger partial charge in [-0.05, 0) is 37.0 Å². The Hall–Kier alpha value is -1.84. The van der Waals surface area contributed by atoms with Gasteiger partial charge in [-0.25, -0.2) is 4.98 Å². The molecule has 3 rings (SSSR count). The number of ether oxygens (including phenoxy) is 1. The number of nitrogens with one attached hydrogen (secondary N) is 1. The Morgan fingerprint density at radius 1 is 1.15 bits per heavy atom. The zero-order valence-corrected chi connectivity index (χ0v) is 11.9. The summed E-state index contributed by atoms with van der Waals surface area (Å²) in [5.74, 6) is 3.51. The van der Waals surface area contributed by atoms with Crippen molar-refractivity contribution in [3.05, 3.63) is 41.5 Å². The number of methoxy groups -OCH3 is 1. The molecule has 2 aromatic rings. The summed E-state index contributed by atoms with van der Waals surface area (Å²) < 4.78 is 5.16. The summed E-state index contributed by atoms with van der Waals surface area (Å²) >= 11 is 0. The van der Waals surface area contributed by atoms with Crippen LogP contribution in [0.25, 0.3) is 0 Å². The fraction of sp³-hybridized carbons (Fsp3) is 0.500. The summed E-state index contributed by atoms with van der Waals surface area (Å²) in [5, 5.41) is 7.47. The van der Waals surface area contributed by atoms with E-state index in [9.17, 15) is 0 Å². The topological polar surface area (TPSA) is 50.8 Å². The lowest BCUT2D eigenvalue weighted by Gasteiger charge is -2.02. The molecule has 1 fully saturated rings. The van der Waals surface area contributed by atoms with E-state index in [0.29, 0.717) is 5.92 Å². The van der Waals surface area contributed by atoms with Crippen LogP contribution in [-0.2, 0) is 12.8 Å². The van der Waals surface area contributed by atoms with Crippen LogP contribution in [0.2, 0.25) is 0 Å². The van der Waals surface area contributed by atoms with E-state index in [0.717, 1.165) is 30.2 Å². The number of aryl methyl sites for hydroxylation is 2. The van der Waals surface area contributed by atoms with E-state index in [2.05, 4.69) is 27.3 Å². The molecule has 0 radical (unpaired) electrons. The first-order valence-electron chi connectivity index (χ1n) is 7.39. The minimum atomic E-state index is 0.584. The van der Waals surface area contributed by atoms with Crippen LogP contribution < -0.4 is 4.74 Å². The highest BCUT2D eigenvalue weighted by Gasteiger charge is 2.20. The van der Waals surface area contributed by atoms with Crippen LogP contribution >= 0.6 is 0 Å². The number of hydrogen-bond acceptors (Lipinski definition) is 3. The monoisotopic (exact) mass is 271 g/mol. The Balaban J connectivity index is 1.57. The number of benzene rings is 1. The molecule has 1 aliphatic rings. The molecular formula is C16H21N3O. The third kappa shape index (κ3) is 3.00. The number of aromatic nitrogens is 3. The highest BCUT2D eigenvalue weighted by molar-refractivity contribution is 5.27. The molecule has 1 saturated carbocycles. The molecule has 20 heavy (non-hydrogen) atoms. The molecular weight excluding hydrogens is 250 g/mol. The van der Waals surface area contributed by atoms with Gasteiger partial charge in [0.1, 0.15) is 11.6 Å². The Morgan fingerprint density at radius 3 is 2.60 bits per heavy atom. The predicted molar refractivity (Wildman–Crippen MR) is 78.0 cm³/mol. The number of hydrogen-bond donors (Lipinski definition) is 1. The summed E-state index contributed by atoms with van der Waals surface area (Å²) in [5.41, 5.74) is 1.30. The van der Waals surface area contributed by atoms with Crippen molar-refractivity contribution >= 4 is 0 Å². The molecule has 0 bridgehead atoms. The van der Waals surface area contributed by atoms with E-state index >= 15 is 0 Å². The Kier molecular flexibility index (Phi) is 4.00. The zero-order chi connectivity index (χ0) is 13.8. The van der Waals surface area contributed by atoms with E-state index in [1.807, 2.05) is 12.1 Å². The summed E-state index contributed by atoms with van der Waals surface area (Å²) in [6.45, 7) is 0. The molecule has 106 valence electrons. The first-order valence-corrected chi connectivity index (χ1v) is 7.39. The van der Waals surface area contributed by atoms with Crippen LogP contribution in [0.4, 0.5) is 0 Å². The first kappa shape index (κ1) is 13.2. The zero-order valence-electron chi connectivity index (χ0n) is 11.9. The molecule has 1 N–H and O–H groups in total. The van der Waals surface area contributed by atoms with E-state index in [4.69, 9.17) is 4.74 Å². The van der Waals surface area contributed by atoms with Crippen molar-refractivity contribution in [2.24, 2.45) is 0 Å². The van der Waals surface area contributed by atoms with Crippen molar-refractivity contribution in [1.82, 2.24) is 15.2 Å². The Morgan fingerprint density at radius 2 is 1.90 bits per heavy atom. The van der Waals surface area contributed by atoms with Crippen LogP contribution in [0.5, 0.6) is 5.75 Å². The van der Waals surface area contributed by atoms with Gasteiger partial charge in [0.05, 0.1) is 7.11 Å². The van der Waals surface area contributed by atoms with Gasteiger partial charge in [0.25, 0.3) is 0 Å². The maximum Gasteiger partial charge on any atom is 0.153 e. The van der Waals surface area contributed by atoms with Crippen LogP contribution in [0.1, 0.15) is 48.8 Å². The highest BCUT2D eigenvalue weighted by Crippen LogP contribution is 2.31. The number of rotatable bonds is 5. The maximum absolute atomic E-state index is 5.16. The van der Waals surface area contributed by atoms with Crippen LogP contribution in [0, 0.1) is 0 Å². The quantitative estimate of drug-likeness (QED) is 0.908. The van der Waals surface area contributed by atoms with Crippen LogP contribution in [0.3, 0.4) is 0 Å². The lowest BCUT2D eigenvalue weighted by Crippen LogP contribution is -1.96. The van der Waals surface area contributed by atoms with Crippen molar-refractivity contribution in [3.8, 4) is 5.75 Å². The van der Waals surface area contributed by atoms with Gasteiger partial charge < -0.3 is 4.74 Å². The highest BCUT2D eigenvalue weighted by atomic mass is 16.5. The second kappa shape index (κ2) is 6.07. The van der Waals surface area contributed by atoms with E-state index < -0.39 is 0 Å². The normalized spacial score (nSPS) is 15.7. The minimum absolute atomic E-state index is 0.584. The fourth-order valence-electron chi connectivity index (χ4n) is 2.84. The third-order valence-electron chi connectivity index (χ3n) is 4.08. The average Bonchev–Trinajstić information content (AvgIpc) is 3.16. The van der Waals surface area contributed by atoms with Crippen molar-refractivity contribution in [1.29, 1.82) is 0 Å². The van der Waals surface area contributed by atoms with Gasteiger partial charge in [-0.2, -0.15) is 5.10 Å². The molecule has 0 amide bonds. The minimum Gasteiger partial charge on any atom is -0.497 e. The van der Waals surface area contributed by atoms with Crippen molar-refractivity contribution in [2.75, 3.05) is 7.11 Å². The molecule has 1 heterocycles. The summed E-state index contributed by atoms with van der Waals surface area (Å²) in [6, 6.07) is 8.21. The molecule has 0 unspecified atom stereocenters. The van der Waals surface area contributed by atoms with Gasteiger partial charge in [-0.15, -0.1) is 0 Å². The molecule has 0 aliphatic heterocycles. The van der Waals surface area contributed by atoms with Gasteiger partial charge in [0.15, 0.2) is 5.82 Å². The lowest BCUT2D eigenvalue weighted by molar-refractivity contribution is 0.414. The SMILES string of the molecule is COc1ccc(CCc2nc(C3CCCC3)n[nH]2)cc1. The molecule has 0 saturated heterocycles. The Labute approximate surface area is 119 Å². The third-order valence-corrected chi connectivity index (χ3v) is 4.08. The maximum atomic E-state index is 5.16. The van der Waals surface area contributed by atoms with Gasteiger partial charge in [-0.3, -0.25) is 5.10 Å². The molecule has 1 aromatic carbocycles. The van der Waals surface area contributed by atoms with Crippen LogP contribution in [0.15, 0.2) is 24.3 Å². The van der Waals surface area contributed by atoms with Crippen LogP contribution in [-0.4, -0.2) is 22.3 Å². The predicted octanol–water partition coefficient (Wildman–Crippen LogP) is 3.26. The molecule has 1 aliphatic carbocycles. The second-order valence-electron chi connectivity index (χ2n) is 5.47. The second-order valence-corrected chi connectivity index (χ2v) is 5.47. The summed E-state index contributed by atoms with van der Waals surface area (Å²) in [6.07, 6.45) is 7.02. The molecule has 1 aromatic heterocycles. The van der Waals surface area contributed by atoms with E-state index in [1.54, 1.807) is 7.11 Å². The van der Waals surface area contributed by atoms with Gasteiger partial charge in [0, 0.05) is 12.3 Å². The van der Waals surface area contributed by atoms with E-state index in [1.165, 1.54) is 31.2 Å². The molecule has 0 spiro atoms. The first-order chi connectivity index (χ1) is 9.85. The smallest absolute Gasteiger partial charge is 0.153 e. The fourth-order valence-corrected chi connectivity index (χ4v) is 2.84. The van der Waals surface area contributed by atoms with Crippen molar-refractivity contribution < 1.29 is 4.74 Å². The number of aromatic amines is 1. The van der Waals surface area contributed by atoms with Gasteiger partial charge >= 0.3 is 0 Å². The van der Waals surface area contributed by atoms with E-state index in [-0.39, 0.29) is 0 Å². The van der Waals surface area contributed by atoms with Gasteiger partial charge in [0.2, 0.25) is 0 Å². The standard InChI is InChI=1S/C16H21N3O/c1-20-14-9-6-12(7-10-14)8-11-15-17-16(19-18-15)13-4-2-3-5-13/h6-7,9-10,13H,2-5,8,11H2,1H3,(H,17,18,19). The van der Waals surface area contributed by atoms with Gasteiger partial charge in [-0.1, -0.05) is 25.0 Å². The lowest BCUT2D eigenvalue weighted by atomic mass is 10.1. The summed E-state index contributed by atoms with van der Waals surface area (Å²) in [7, 11) is 1.69. The van der Waals surface area contributed by atoms with Crippen molar-refractivity contribution in [3.63, 3.8) is 0 Å². The molecule has 4 heteroatoms. The molecule has 4 nitrogen and oxygen atoms in total. The number of nitrogens with zero attached hydrogens (tertiary/aromatic N) is 2. The largest absolute Gasteiger partial charge is 0.497 e. The Bertz CT molecular complexity index is 541. The van der Waals surface area contributed by atoms with Crippen molar-refractivity contribution in [2.45, 2.75) is 44.4 Å². The number of H-pyrrole nitrogens is 1. The summed E-state index contributed by atoms with van der Waals surface area (Å²) in [4.78, 5) is 4.65.